The van der Waals surface area contributed by atoms with Gasteiger partial charge in [0.05, 0.1) is 0 Å². The SMILES string of the molecule is CNc1ccc(-c2cc(=O)c3c(O)cc(O)cc3o2)cc1. The maximum atomic E-state index is 12.1. The van der Waals surface area contributed by atoms with Crippen molar-refractivity contribution in [3.8, 4) is 22.8 Å². The van der Waals surface area contributed by atoms with Gasteiger partial charge in [0.2, 0.25) is 0 Å². The lowest BCUT2D eigenvalue weighted by Crippen LogP contribution is -2.00. The molecule has 3 aromatic rings. The second-order valence-electron chi connectivity index (χ2n) is 4.64. The molecular formula is C16H13NO4. The van der Waals surface area contributed by atoms with Gasteiger partial charge in [0.25, 0.3) is 0 Å². The summed E-state index contributed by atoms with van der Waals surface area (Å²) in [5.41, 5.74) is 1.46. The van der Waals surface area contributed by atoms with E-state index in [9.17, 15) is 15.0 Å². The molecule has 0 bridgehead atoms. The van der Waals surface area contributed by atoms with Gasteiger partial charge in [0, 0.05) is 36.5 Å². The van der Waals surface area contributed by atoms with Crippen molar-refractivity contribution in [3.05, 3.63) is 52.7 Å². The summed E-state index contributed by atoms with van der Waals surface area (Å²) in [6.07, 6.45) is 0. The van der Waals surface area contributed by atoms with Crippen LogP contribution in [-0.4, -0.2) is 17.3 Å². The van der Waals surface area contributed by atoms with Crippen molar-refractivity contribution in [2.24, 2.45) is 0 Å². The number of phenolic OH excluding ortho intramolecular Hbond substituents is 2. The highest BCUT2D eigenvalue weighted by Gasteiger charge is 2.12. The molecule has 0 radical (unpaired) electrons. The number of benzene rings is 2. The molecule has 5 heteroatoms. The molecule has 0 spiro atoms. The fourth-order valence-electron chi connectivity index (χ4n) is 2.20. The van der Waals surface area contributed by atoms with Crippen LogP contribution in [0.1, 0.15) is 0 Å². The highest BCUT2D eigenvalue weighted by Crippen LogP contribution is 2.30. The van der Waals surface area contributed by atoms with Crippen molar-refractivity contribution < 1.29 is 14.6 Å². The van der Waals surface area contributed by atoms with E-state index in [4.69, 9.17) is 4.42 Å². The lowest BCUT2D eigenvalue weighted by atomic mass is 10.1. The molecule has 0 unspecified atom stereocenters. The van der Waals surface area contributed by atoms with Gasteiger partial charge in [-0.15, -0.1) is 0 Å². The third-order valence-corrected chi connectivity index (χ3v) is 3.25. The molecule has 0 saturated heterocycles. The smallest absolute Gasteiger partial charge is 0.197 e. The third kappa shape index (κ3) is 2.29. The molecule has 0 saturated carbocycles. The van der Waals surface area contributed by atoms with Gasteiger partial charge < -0.3 is 19.9 Å². The van der Waals surface area contributed by atoms with E-state index < -0.39 is 0 Å². The van der Waals surface area contributed by atoms with Gasteiger partial charge in [-0.05, 0) is 24.3 Å². The predicted octanol–water partition coefficient (Wildman–Crippen LogP) is 2.91. The largest absolute Gasteiger partial charge is 0.508 e. The first kappa shape index (κ1) is 13.1. The van der Waals surface area contributed by atoms with Crippen LogP contribution in [0.15, 0.2) is 51.7 Å². The monoisotopic (exact) mass is 283 g/mol. The van der Waals surface area contributed by atoms with E-state index >= 15 is 0 Å². The molecule has 1 heterocycles. The maximum Gasteiger partial charge on any atom is 0.197 e. The van der Waals surface area contributed by atoms with E-state index in [1.807, 2.05) is 31.3 Å². The second-order valence-corrected chi connectivity index (χ2v) is 4.64. The fraction of sp³-hybridized carbons (Fsp3) is 0.0625. The number of fused-ring (bicyclic) bond motifs is 1. The van der Waals surface area contributed by atoms with E-state index in [0.29, 0.717) is 5.76 Å². The van der Waals surface area contributed by atoms with Crippen LogP contribution in [0.2, 0.25) is 0 Å². The van der Waals surface area contributed by atoms with Crippen LogP contribution in [0.25, 0.3) is 22.3 Å². The quantitative estimate of drug-likeness (QED) is 0.673. The Kier molecular flexibility index (Phi) is 3.02. The van der Waals surface area contributed by atoms with Crippen molar-refractivity contribution in [1.82, 2.24) is 0 Å². The number of hydrogen-bond acceptors (Lipinski definition) is 5. The van der Waals surface area contributed by atoms with Gasteiger partial charge in [0.15, 0.2) is 5.43 Å². The predicted molar refractivity (Wildman–Crippen MR) is 80.8 cm³/mol. The topological polar surface area (TPSA) is 82.7 Å². The molecule has 3 N–H and O–H groups in total. The Bertz CT molecular complexity index is 866. The van der Waals surface area contributed by atoms with E-state index in [0.717, 1.165) is 17.3 Å². The minimum Gasteiger partial charge on any atom is -0.508 e. The van der Waals surface area contributed by atoms with Crippen LogP contribution in [0.4, 0.5) is 5.69 Å². The molecule has 0 atom stereocenters. The Morgan fingerprint density at radius 3 is 2.43 bits per heavy atom. The van der Waals surface area contributed by atoms with Crippen molar-refractivity contribution in [3.63, 3.8) is 0 Å². The first-order valence-corrected chi connectivity index (χ1v) is 6.36. The zero-order valence-corrected chi connectivity index (χ0v) is 11.3. The lowest BCUT2D eigenvalue weighted by Gasteiger charge is -2.06. The van der Waals surface area contributed by atoms with Crippen LogP contribution in [0.3, 0.4) is 0 Å². The zero-order valence-electron chi connectivity index (χ0n) is 11.3. The van der Waals surface area contributed by atoms with Crippen molar-refractivity contribution in [1.29, 1.82) is 0 Å². The summed E-state index contributed by atoms with van der Waals surface area (Å²) < 4.78 is 5.62. The molecule has 0 aliphatic heterocycles. The fourth-order valence-corrected chi connectivity index (χ4v) is 2.20. The first-order chi connectivity index (χ1) is 10.1. The Morgan fingerprint density at radius 2 is 1.76 bits per heavy atom. The molecule has 0 fully saturated rings. The minimum absolute atomic E-state index is 0.0587. The van der Waals surface area contributed by atoms with Gasteiger partial charge in [-0.1, -0.05) is 0 Å². The number of anilines is 1. The zero-order chi connectivity index (χ0) is 15.0. The van der Waals surface area contributed by atoms with Crippen molar-refractivity contribution in [2.75, 3.05) is 12.4 Å². The highest BCUT2D eigenvalue weighted by molar-refractivity contribution is 5.86. The normalized spacial score (nSPS) is 10.7. The number of aromatic hydroxyl groups is 2. The Hall–Kier alpha value is -2.95. The van der Waals surface area contributed by atoms with Gasteiger partial charge in [-0.3, -0.25) is 4.79 Å². The number of nitrogens with one attached hydrogen (secondary N) is 1. The molecular weight excluding hydrogens is 270 g/mol. The van der Waals surface area contributed by atoms with E-state index in [-0.39, 0.29) is 27.9 Å². The van der Waals surface area contributed by atoms with Gasteiger partial charge in [-0.25, -0.2) is 0 Å². The molecule has 21 heavy (non-hydrogen) atoms. The van der Waals surface area contributed by atoms with Crippen LogP contribution in [0.5, 0.6) is 11.5 Å². The minimum atomic E-state index is -0.360. The summed E-state index contributed by atoms with van der Waals surface area (Å²) in [5.74, 6) is -0.0817. The van der Waals surface area contributed by atoms with Gasteiger partial charge in [-0.2, -0.15) is 0 Å². The van der Waals surface area contributed by atoms with Crippen molar-refractivity contribution in [2.45, 2.75) is 0 Å². The molecule has 3 rings (SSSR count). The number of hydrogen-bond donors (Lipinski definition) is 3. The highest BCUT2D eigenvalue weighted by atomic mass is 16.3. The van der Waals surface area contributed by atoms with Crippen LogP contribution < -0.4 is 10.7 Å². The second kappa shape index (κ2) is 4.86. The average molecular weight is 283 g/mol. The Morgan fingerprint density at radius 1 is 1.05 bits per heavy atom. The van der Waals surface area contributed by atoms with Crippen molar-refractivity contribution >= 4 is 16.7 Å². The summed E-state index contributed by atoms with van der Waals surface area (Å²) in [5, 5.41) is 22.3. The molecule has 106 valence electrons. The summed E-state index contributed by atoms with van der Waals surface area (Å²) in [6, 6.07) is 11.1. The molecule has 0 amide bonds. The van der Waals surface area contributed by atoms with Crippen LogP contribution in [0, 0.1) is 0 Å². The number of phenols is 2. The Labute approximate surface area is 120 Å². The van der Waals surface area contributed by atoms with Crippen LogP contribution >= 0.6 is 0 Å². The summed E-state index contributed by atoms with van der Waals surface area (Å²) in [4.78, 5) is 12.1. The number of rotatable bonds is 2. The summed E-state index contributed by atoms with van der Waals surface area (Å²) >= 11 is 0. The summed E-state index contributed by atoms with van der Waals surface area (Å²) in [6.45, 7) is 0. The van der Waals surface area contributed by atoms with E-state index in [1.54, 1.807) is 0 Å². The standard InChI is InChI=1S/C16H13NO4/c1-17-10-4-2-9(3-5-10)14-8-13(20)16-12(19)6-11(18)7-15(16)21-14/h2-8,17-19H,1H3. The van der Waals surface area contributed by atoms with Gasteiger partial charge >= 0.3 is 0 Å². The molecule has 0 aliphatic carbocycles. The summed E-state index contributed by atoms with van der Waals surface area (Å²) in [7, 11) is 1.82. The third-order valence-electron chi connectivity index (χ3n) is 3.25. The first-order valence-electron chi connectivity index (χ1n) is 6.36. The van der Waals surface area contributed by atoms with E-state index in [1.165, 1.54) is 12.1 Å². The Balaban J connectivity index is 2.22. The maximum absolute atomic E-state index is 12.1. The van der Waals surface area contributed by atoms with Gasteiger partial charge in [0.1, 0.15) is 28.2 Å². The molecule has 2 aromatic carbocycles. The van der Waals surface area contributed by atoms with E-state index in [2.05, 4.69) is 5.32 Å². The molecule has 5 nitrogen and oxygen atoms in total. The average Bonchev–Trinajstić information content (AvgIpc) is 2.46. The molecule has 1 aromatic heterocycles. The van der Waals surface area contributed by atoms with Crippen LogP contribution in [-0.2, 0) is 0 Å². The molecule has 0 aliphatic rings. The lowest BCUT2D eigenvalue weighted by molar-refractivity contribution is 0.452.